The van der Waals surface area contributed by atoms with Crippen molar-refractivity contribution in [3.63, 3.8) is 0 Å². The maximum atomic E-state index is 11.9. The number of carbonyl (C=O) groups excluding carboxylic acids is 1. The summed E-state index contributed by atoms with van der Waals surface area (Å²) in [5.41, 5.74) is -0.972. The first-order chi connectivity index (χ1) is 11.4. The lowest BCUT2D eigenvalue weighted by Gasteiger charge is -2.29. The summed E-state index contributed by atoms with van der Waals surface area (Å²) in [7, 11) is 1.74. The lowest BCUT2D eigenvalue weighted by Crippen LogP contribution is -2.54. The Hall–Kier alpha value is -0.770. The fraction of sp³-hybridized carbons (Fsp3) is 0.889. The third kappa shape index (κ3) is 13.4. The average Bonchev–Trinajstić information content (AvgIpc) is 2.43. The zero-order valence-electron chi connectivity index (χ0n) is 18.0. The van der Waals surface area contributed by atoms with E-state index in [-0.39, 0.29) is 24.0 Å². The van der Waals surface area contributed by atoms with E-state index >= 15 is 0 Å². The van der Waals surface area contributed by atoms with Crippen LogP contribution < -0.4 is 16.0 Å². The lowest BCUT2D eigenvalue weighted by molar-refractivity contribution is 0.0474. The highest BCUT2D eigenvalue weighted by Crippen LogP contribution is 2.09. The molecule has 0 saturated carbocycles. The van der Waals surface area contributed by atoms with E-state index < -0.39 is 17.2 Å². The molecule has 7 nitrogen and oxygen atoms in total. The number of hydrogen-bond acceptors (Lipinski definition) is 4. The number of hydrogen-bond donors (Lipinski definition) is 3. The van der Waals surface area contributed by atoms with Gasteiger partial charge in [-0.2, -0.15) is 0 Å². The van der Waals surface area contributed by atoms with E-state index in [2.05, 4.69) is 46.6 Å². The van der Waals surface area contributed by atoms with Crippen LogP contribution in [0.2, 0.25) is 0 Å². The van der Waals surface area contributed by atoms with Crippen LogP contribution >= 0.6 is 24.0 Å². The fourth-order valence-electron chi connectivity index (χ4n) is 2.25. The van der Waals surface area contributed by atoms with Crippen LogP contribution in [0.15, 0.2) is 4.99 Å². The van der Waals surface area contributed by atoms with Crippen molar-refractivity contribution < 1.29 is 9.53 Å². The largest absolute Gasteiger partial charge is 0.444 e. The van der Waals surface area contributed by atoms with Crippen molar-refractivity contribution in [3.8, 4) is 0 Å². The van der Waals surface area contributed by atoms with Gasteiger partial charge >= 0.3 is 6.09 Å². The molecule has 8 heteroatoms. The molecule has 0 radical (unpaired) electrons. The van der Waals surface area contributed by atoms with Gasteiger partial charge in [0, 0.05) is 32.7 Å². The van der Waals surface area contributed by atoms with Crippen LogP contribution in [0.3, 0.4) is 0 Å². The van der Waals surface area contributed by atoms with Gasteiger partial charge in [0.05, 0.1) is 5.54 Å². The Morgan fingerprint density at radius 2 is 1.73 bits per heavy atom. The second-order valence-corrected chi connectivity index (χ2v) is 8.09. The molecular weight excluding hydrogens is 445 g/mol. The average molecular weight is 485 g/mol. The molecule has 0 aliphatic rings. The number of likely N-dealkylation sites (N-methyl/N-ethyl adjacent to an activating group) is 1. The highest BCUT2D eigenvalue weighted by Gasteiger charge is 2.24. The maximum Gasteiger partial charge on any atom is 0.408 e. The summed E-state index contributed by atoms with van der Waals surface area (Å²) < 4.78 is 5.30. The minimum Gasteiger partial charge on any atom is -0.444 e. The van der Waals surface area contributed by atoms with E-state index in [1.165, 1.54) is 0 Å². The number of guanidine groups is 1. The number of ether oxygens (including phenoxy) is 1. The number of alkyl carbamates (subject to hydrolysis) is 1. The van der Waals surface area contributed by atoms with E-state index in [1.54, 1.807) is 7.05 Å². The number of carbonyl (C=O) groups is 1. The Kier molecular flexibility index (Phi) is 13.3. The van der Waals surface area contributed by atoms with Gasteiger partial charge in [-0.15, -0.1) is 24.0 Å². The molecule has 0 unspecified atom stereocenters. The molecule has 26 heavy (non-hydrogen) atoms. The van der Waals surface area contributed by atoms with Gasteiger partial charge in [0.25, 0.3) is 0 Å². The number of rotatable bonds is 8. The summed E-state index contributed by atoms with van der Waals surface area (Å²) in [6.07, 6.45) is -0.419. The maximum absolute atomic E-state index is 11.9. The molecule has 1 amide bonds. The number of amides is 1. The second-order valence-electron chi connectivity index (χ2n) is 8.09. The number of nitrogens with zero attached hydrogens (tertiary/aromatic N) is 2. The van der Waals surface area contributed by atoms with Gasteiger partial charge in [0.1, 0.15) is 5.60 Å². The summed E-state index contributed by atoms with van der Waals surface area (Å²) in [5.74, 6) is 0.721. The van der Waals surface area contributed by atoms with Crippen molar-refractivity contribution in [1.29, 1.82) is 0 Å². The number of halogens is 1. The van der Waals surface area contributed by atoms with Gasteiger partial charge in [-0.3, -0.25) is 9.89 Å². The zero-order valence-corrected chi connectivity index (χ0v) is 20.4. The predicted molar refractivity (Wildman–Crippen MR) is 121 cm³/mol. The standard InChI is InChI=1S/C18H39N5O2.HI/c1-10-23(14(2)3)12-11-20-15(19-9)21-13-18(7,8)22-16(24)25-17(4,5)6;/h14H,10-13H2,1-9H3,(H,22,24)(H2,19,20,21);1H. The van der Waals surface area contributed by atoms with Gasteiger partial charge < -0.3 is 20.7 Å². The second kappa shape index (κ2) is 12.6. The SMILES string of the molecule is CCN(CCNC(=NC)NCC(C)(C)NC(=O)OC(C)(C)C)C(C)C.I. The smallest absolute Gasteiger partial charge is 0.408 e. The van der Waals surface area contributed by atoms with Crippen LogP contribution in [0.5, 0.6) is 0 Å². The van der Waals surface area contributed by atoms with Crippen molar-refractivity contribution in [2.24, 2.45) is 4.99 Å². The molecule has 0 heterocycles. The normalized spacial score (nSPS) is 12.7. The highest BCUT2D eigenvalue weighted by atomic mass is 127. The van der Waals surface area contributed by atoms with Crippen molar-refractivity contribution in [1.82, 2.24) is 20.9 Å². The third-order valence-electron chi connectivity index (χ3n) is 3.59. The van der Waals surface area contributed by atoms with Crippen LogP contribution in [-0.2, 0) is 4.74 Å². The van der Waals surface area contributed by atoms with Crippen LogP contribution in [0.25, 0.3) is 0 Å². The summed E-state index contributed by atoms with van der Waals surface area (Å²) in [6.45, 7) is 19.3. The van der Waals surface area contributed by atoms with E-state index in [0.717, 1.165) is 25.6 Å². The molecule has 0 aliphatic carbocycles. The highest BCUT2D eigenvalue weighted by molar-refractivity contribution is 14.0. The molecule has 0 spiro atoms. The van der Waals surface area contributed by atoms with Gasteiger partial charge in [-0.05, 0) is 55.0 Å². The summed E-state index contributed by atoms with van der Waals surface area (Å²) in [5, 5.41) is 9.43. The van der Waals surface area contributed by atoms with Crippen molar-refractivity contribution in [2.45, 2.75) is 72.6 Å². The zero-order chi connectivity index (χ0) is 19.7. The van der Waals surface area contributed by atoms with Crippen LogP contribution in [0.1, 0.15) is 55.4 Å². The van der Waals surface area contributed by atoms with Crippen LogP contribution in [0, 0.1) is 0 Å². The Labute approximate surface area is 177 Å². The monoisotopic (exact) mass is 485 g/mol. The molecule has 0 rings (SSSR count). The number of aliphatic imine (C=N–C) groups is 1. The predicted octanol–water partition coefficient (Wildman–Crippen LogP) is 2.80. The third-order valence-corrected chi connectivity index (χ3v) is 3.59. The summed E-state index contributed by atoms with van der Waals surface area (Å²) in [6, 6.07) is 0.527. The van der Waals surface area contributed by atoms with Gasteiger partial charge in [0.15, 0.2) is 5.96 Å². The molecule has 0 aromatic heterocycles. The van der Waals surface area contributed by atoms with Crippen LogP contribution in [-0.4, -0.2) is 67.4 Å². The fourth-order valence-corrected chi connectivity index (χ4v) is 2.25. The van der Waals surface area contributed by atoms with Gasteiger partial charge in [-0.25, -0.2) is 4.79 Å². The molecule has 0 aromatic rings. The van der Waals surface area contributed by atoms with Crippen molar-refractivity contribution in [3.05, 3.63) is 0 Å². The first kappa shape index (κ1) is 27.4. The summed E-state index contributed by atoms with van der Waals surface area (Å²) >= 11 is 0. The topological polar surface area (TPSA) is 78.0 Å². The van der Waals surface area contributed by atoms with Crippen LogP contribution in [0.4, 0.5) is 4.79 Å². The van der Waals surface area contributed by atoms with E-state index in [0.29, 0.717) is 12.6 Å². The molecule has 156 valence electrons. The minimum atomic E-state index is -0.507. The Balaban J connectivity index is 0. The molecule has 3 N–H and O–H groups in total. The van der Waals surface area contributed by atoms with Gasteiger partial charge in [-0.1, -0.05) is 6.92 Å². The Morgan fingerprint density at radius 1 is 1.15 bits per heavy atom. The molecule has 0 saturated heterocycles. The molecular formula is C18H40IN5O2. The Morgan fingerprint density at radius 3 is 2.15 bits per heavy atom. The van der Waals surface area contributed by atoms with E-state index in [9.17, 15) is 4.79 Å². The molecule has 0 bridgehead atoms. The lowest BCUT2D eigenvalue weighted by atomic mass is 10.1. The van der Waals surface area contributed by atoms with Gasteiger partial charge in [0.2, 0.25) is 0 Å². The summed E-state index contributed by atoms with van der Waals surface area (Å²) in [4.78, 5) is 18.5. The number of nitrogens with one attached hydrogen (secondary N) is 3. The van der Waals surface area contributed by atoms with E-state index in [1.807, 2.05) is 34.6 Å². The first-order valence-electron chi connectivity index (χ1n) is 9.10. The molecule has 0 aliphatic heterocycles. The van der Waals surface area contributed by atoms with E-state index in [4.69, 9.17) is 4.74 Å². The minimum absolute atomic E-state index is 0. The van der Waals surface area contributed by atoms with Crippen molar-refractivity contribution >= 4 is 36.0 Å². The quantitative estimate of drug-likeness (QED) is 0.280. The first-order valence-corrected chi connectivity index (χ1v) is 9.10. The Bertz CT molecular complexity index is 434. The molecule has 0 aromatic carbocycles. The van der Waals surface area contributed by atoms with Crippen molar-refractivity contribution in [2.75, 3.05) is 33.2 Å². The molecule has 0 atom stereocenters. The molecule has 0 fully saturated rings.